The van der Waals surface area contributed by atoms with Crippen LogP contribution in [0.5, 0.6) is 0 Å². The van der Waals surface area contributed by atoms with E-state index in [1.54, 1.807) is 0 Å². The van der Waals surface area contributed by atoms with E-state index in [9.17, 15) is 0 Å². The molecule has 4 heteroatoms. The van der Waals surface area contributed by atoms with Crippen molar-refractivity contribution in [3.8, 4) is 39.5 Å². The molecule has 224 valence electrons. The van der Waals surface area contributed by atoms with Crippen LogP contribution in [-0.4, -0.2) is 14.5 Å². The molecule has 0 bridgehead atoms. The number of para-hydroxylation sites is 2. The van der Waals surface area contributed by atoms with Crippen molar-refractivity contribution in [2.75, 3.05) is 0 Å². The van der Waals surface area contributed by atoms with Crippen molar-refractivity contribution >= 4 is 64.2 Å². The maximum Gasteiger partial charge on any atom is 0.160 e. The van der Waals surface area contributed by atoms with Gasteiger partial charge in [-0.15, -0.1) is 11.3 Å². The summed E-state index contributed by atoms with van der Waals surface area (Å²) in [6.45, 7) is 0. The molecule has 0 saturated heterocycles. The highest BCUT2D eigenvalue weighted by molar-refractivity contribution is 7.26. The largest absolute Gasteiger partial charge is 0.309 e. The summed E-state index contributed by atoms with van der Waals surface area (Å²) >= 11 is 1.83. The minimum absolute atomic E-state index is 0.723. The van der Waals surface area contributed by atoms with E-state index in [4.69, 9.17) is 9.97 Å². The first-order valence-corrected chi connectivity index (χ1v) is 17.0. The smallest absolute Gasteiger partial charge is 0.160 e. The van der Waals surface area contributed by atoms with Crippen LogP contribution in [0.2, 0.25) is 0 Å². The van der Waals surface area contributed by atoms with Gasteiger partial charge in [-0.3, -0.25) is 0 Å². The summed E-state index contributed by atoms with van der Waals surface area (Å²) in [6, 6.07) is 58.3. The summed E-state index contributed by atoms with van der Waals surface area (Å²) in [5.41, 5.74) is 9.80. The third-order valence-corrected chi connectivity index (χ3v) is 10.5. The SMILES string of the molecule is c1ccc(-c2cccc(-c3nc(-c4ccc5c(c4)c4ccccc4n5-c4ccccc4)c4c(ccc5sc6ccccc6c54)n3)c2)cc1. The van der Waals surface area contributed by atoms with Crippen LogP contribution < -0.4 is 0 Å². The third-order valence-electron chi connectivity index (χ3n) is 9.39. The fourth-order valence-corrected chi connectivity index (χ4v) is 8.34. The summed E-state index contributed by atoms with van der Waals surface area (Å²) in [6.07, 6.45) is 0. The molecule has 10 aromatic rings. The second-order valence-electron chi connectivity index (χ2n) is 12.2. The first kappa shape index (κ1) is 27.1. The molecule has 0 radical (unpaired) electrons. The number of benzene rings is 7. The standard InChI is InChI=1S/C44H27N3S/c1-3-12-28(13-4-1)29-14-11-15-31(26-29)44-45-36-23-25-40-41(34-19-8-10-21-39(34)48-40)42(36)43(46-44)30-22-24-38-35(27-30)33-18-7-9-20-37(33)47(38)32-16-5-2-6-17-32/h1-27H. The molecule has 0 atom stereocenters. The highest BCUT2D eigenvalue weighted by Crippen LogP contribution is 2.43. The molecule has 10 rings (SSSR count). The fourth-order valence-electron chi connectivity index (χ4n) is 7.22. The lowest BCUT2D eigenvalue weighted by atomic mass is 9.99. The van der Waals surface area contributed by atoms with E-state index in [0.717, 1.165) is 44.8 Å². The molecule has 0 saturated carbocycles. The molecule has 0 N–H and O–H groups in total. The first-order valence-electron chi connectivity index (χ1n) is 16.2. The Morgan fingerprint density at radius 2 is 1.12 bits per heavy atom. The molecule has 0 aliphatic rings. The monoisotopic (exact) mass is 629 g/mol. The molecule has 0 spiro atoms. The molecular formula is C44H27N3S. The van der Waals surface area contributed by atoms with Crippen molar-refractivity contribution in [3.63, 3.8) is 0 Å². The van der Waals surface area contributed by atoms with E-state index in [-0.39, 0.29) is 0 Å². The minimum Gasteiger partial charge on any atom is -0.309 e. The van der Waals surface area contributed by atoms with Crippen LogP contribution in [0.4, 0.5) is 0 Å². The Morgan fingerprint density at radius 1 is 0.417 bits per heavy atom. The molecule has 0 amide bonds. The number of nitrogens with zero attached hydrogens (tertiary/aromatic N) is 3. The Hall–Kier alpha value is -6.10. The van der Waals surface area contributed by atoms with Gasteiger partial charge in [0.15, 0.2) is 5.82 Å². The van der Waals surface area contributed by atoms with Gasteiger partial charge in [-0.1, -0.05) is 109 Å². The van der Waals surface area contributed by atoms with Gasteiger partial charge in [-0.2, -0.15) is 0 Å². The lowest BCUT2D eigenvalue weighted by molar-refractivity contribution is 1.18. The molecule has 48 heavy (non-hydrogen) atoms. The van der Waals surface area contributed by atoms with Gasteiger partial charge in [-0.25, -0.2) is 9.97 Å². The Bertz CT molecular complexity index is 2830. The van der Waals surface area contributed by atoms with Crippen LogP contribution in [-0.2, 0) is 0 Å². The van der Waals surface area contributed by atoms with Crippen LogP contribution in [0.1, 0.15) is 0 Å². The minimum atomic E-state index is 0.723. The zero-order valence-electron chi connectivity index (χ0n) is 25.8. The van der Waals surface area contributed by atoms with E-state index in [1.165, 1.54) is 47.5 Å². The van der Waals surface area contributed by atoms with E-state index < -0.39 is 0 Å². The van der Waals surface area contributed by atoms with Crippen LogP contribution >= 0.6 is 11.3 Å². The summed E-state index contributed by atoms with van der Waals surface area (Å²) in [4.78, 5) is 10.7. The lowest BCUT2D eigenvalue weighted by Crippen LogP contribution is -1.96. The highest BCUT2D eigenvalue weighted by atomic mass is 32.1. The summed E-state index contributed by atoms with van der Waals surface area (Å²) in [5, 5.41) is 5.99. The van der Waals surface area contributed by atoms with Gasteiger partial charge in [0.25, 0.3) is 0 Å². The molecule has 0 unspecified atom stereocenters. The summed E-state index contributed by atoms with van der Waals surface area (Å²) in [7, 11) is 0. The van der Waals surface area contributed by atoms with Crippen molar-refractivity contribution in [2.24, 2.45) is 0 Å². The predicted octanol–water partition coefficient (Wildman–Crippen LogP) is 12.1. The number of aromatic nitrogens is 3. The summed E-state index contributed by atoms with van der Waals surface area (Å²) < 4.78 is 4.87. The zero-order chi connectivity index (χ0) is 31.6. The van der Waals surface area contributed by atoms with Crippen molar-refractivity contribution in [1.29, 1.82) is 0 Å². The quantitative estimate of drug-likeness (QED) is 0.194. The third kappa shape index (κ3) is 4.20. The van der Waals surface area contributed by atoms with Gasteiger partial charge in [0.2, 0.25) is 0 Å². The van der Waals surface area contributed by atoms with Crippen LogP contribution in [0.3, 0.4) is 0 Å². The highest BCUT2D eigenvalue weighted by Gasteiger charge is 2.20. The van der Waals surface area contributed by atoms with Gasteiger partial charge in [-0.05, 0) is 65.7 Å². The molecule has 7 aromatic carbocycles. The Morgan fingerprint density at radius 3 is 2.00 bits per heavy atom. The molecule has 3 nitrogen and oxygen atoms in total. The van der Waals surface area contributed by atoms with E-state index >= 15 is 0 Å². The maximum atomic E-state index is 5.45. The second kappa shape index (κ2) is 10.7. The Labute approximate surface area is 281 Å². The normalized spacial score (nSPS) is 11.8. The Kier molecular flexibility index (Phi) is 6.05. The maximum absolute atomic E-state index is 5.45. The Balaban J connectivity index is 1.28. The molecular weight excluding hydrogens is 603 g/mol. The number of thiophene rings is 1. The number of hydrogen-bond acceptors (Lipinski definition) is 3. The average molecular weight is 630 g/mol. The topological polar surface area (TPSA) is 30.7 Å². The van der Waals surface area contributed by atoms with Gasteiger partial charge >= 0.3 is 0 Å². The molecule has 3 aromatic heterocycles. The van der Waals surface area contributed by atoms with E-state index in [0.29, 0.717) is 0 Å². The van der Waals surface area contributed by atoms with E-state index in [1.807, 2.05) is 11.3 Å². The molecule has 0 fully saturated rings. The number of fused-ring (bicyclic) bond motifs is 8. The molecule has 0 aliphatic heterocycles. The van der Waals surface area contributed by atoms with Gasteiger partial charge in [0, 0.05) is 53.1 Å². The van der Waals surface area contributed by atoms with Crippen molar-refractivity contribution < 1.29 is 0 Å². The van der Waals surface area contributed by atoms with Gasteiger partial charge in [0.05, 0.1) is 22.2 Å². The van der Waals surface area contributed by atoms with Crippen molar-refractivity contribution in [2.45, 2.75) is 0 Å². The molecule has 3 heterocycles. The second-order valence-corrected chi connectivity index (χ2v) is 13.3. The van der Waals surface area contributed by atoms with Gasteiger partial charge < -0.3 is 4.57 Å². The first-order chi connectivity index (χ1) is 23.8. The van der Waals surface area contributed by atoms with Crippen LogP contribution in [0.25, 0.3) is 92.3 Å². The average Bonchev–Trinajstić information content (AvgIpc) is 3.71. The number of hydrogen-bond donors (Lipinski definition) is 0. The zero-order valence-corrected chi connectivity index (χ0v) is 26.7. The number of rotatable bonds is 4. The van der Waals surface area contributed by atoms with Crippen LogP contribution in [0, 0.1) is 0 Å². The van der Waals surface area contributed by atoms with Crippen LogP contribution in [0.15, 0.2) is 164 Å². The van der Waals surface area contributed by atoms with Crippen molar-refractivity contribution in [1.82, 2.24) is 14.5 Å². The van der Waals surface area contributed by atoms with Gasteiger partial charge in [0.1, 0.15) is 0 Å². The van der Waals surface area contributed by atoms with E-state index in [2.05, 4.69) is 168 Å². The molecule has 0 aliphatic carbocycles. The lowest BCUT2D eigenvalue weighted by Gasteiger charge is -2.13. The predicted molar refractivity (Wildman–Crippen MR) is 203 cm³/mol. The fraction of sp³-hybridized carbons (Fsp3) is 0. The summed E-state index contributed by atoms with van der Waals surface area (Å²) in [5.74, 6) is 0.723. The van der Waals surface area contributed by atoms with Crippen molar-refractivity contribution in [3.05, 3.63) is 164 Å².